The van der Waals surface area contributed by atoms with Gasteiger partial charge in [-0.05, 0) is 28.7 Å². The summed E-state index contributed by atoms with van der Waals surface area (Å²) in [4.78, 5) is 8.69. The molecule has 28 heavy (non-hydrogen) atoms. The van der Waals surface area contributed by atoms with E-state index in [1.54, 1.807) is 0 Å². The molecule has 1 aliphatic rings. The number of nitrogens with one attached hydrogen (secondary N) is 1. The maximum Gasteiger partial charge on any atom is 0.231 e. The van der Waals surface area contributed by atoms with Crippen molar-refractivity contribution in [3.63, 3.8) is 0 Å². The molecule has 6 nitrogen and oxygen atoms in total. The van der Waals surface area contributed by atoms with Crippen molar-refractivity contribution >= 4 is 11.8 Å². The van der Waals surface area contributed by atoms with Crippen LogP contribution in [0.3, 0.4) is 0 Å². The Morgan fingerprint density at radius 3 is 2.46 bits per heavy atom. The van der Waals surface area contributed by atoms with E-state index in [0.717, 1.165) is 28.3 Å². The molecule has 1 aromatic heterocycles. The van der Waals surface area contributed by atoms with Crippen LogP contribution in [-0.4, -0.2) is 16.8 Å². The number of hydrogen-bond acceptors (Lipinski definition) is 6. The number of benzene rings is 2. The van der Waals surface area contributed by atoms with Gasteiger partial charge in [-0.25, -0.2) is 4.98 Å². The van der Waals surface area contributed by atoms with Gasteiger partial charge in [-0.2, -0.15) is 4.98 Å². The van der Waals surface area contributed by atoms with E-state index in [-0.39, 0.29) is 18.2 Å². The average molecular weight is 376 g/mol. The Bertz CT molecular complexity index is 994. The summed E-state index contributed by atoms with van der Waals surface area (Å²) < 4.78 is 10.8. The lowest BCUT2D eigenvalue weighted by atomic mass is 9.86. The van der Waals surface area contributed by atoms with Gasteiger partial charge in [0.2, 0.25) is 12.7 Å². The summed E-state index contributed by atoms with van der Waals surface area (Å²) in [5.41, 5.74) is 10.2. The SMILES string of the molecule is CC(C)(C)c1ccc(-c2cc(NCc3ccc4c(c3)OCO4)nc(N)n2)cc1. The van der Waals surface area contributed by atoms with Crippen LogP contribution in [0.25, 0.3) is 11.3 Å². The molecule has 2 aromatic carbocycles. The van der Waals surface area contributed by atoms with Gasteiger partial charge in [0, 0.05) is 18.2 Å². The first-order valence-corrected chi connectivity index (χ1v) is 9.26. The highest BCUT2D eigenvalue weighted by molar-refractivity contribution is 5.64. The standard InChI is InChI=1S/C22H24N4O2/c1-22(2,3)16-7-5-15(6-8-16)17-11-20(26-21(23)25-17)24-12-14-4-9-18-19(10-14)28-13-27-18/h4-11H,12-13H2,1-3H3,(H3,23,24,25,26). The van der Waals surface area contributed by atoms with Crippen molar-refractivity contribution < 1.29 is 9.47 Å². The maximum atomic E-state index is 5.94. The van der Waals surface area contributed by atoms with Gasteiger partial charge in [0.25, 0.3) is 0 Å². The summed E-state index contributed by atoms with van der Waals surface area (Å²) in [5.74, 6) is 2.46. The normalized spacial score (nSPS) is 12.8. The van der Waals surface area contributed by atoms with Crippen LogP contribution in [0.1, 0.15) is 31.9 Å². The van der Waals surface area contributed by atoms with Gasteiger partial charge in [0.1, 0.15) is 5.82 Å². The first-order chi connectivity index (χ1) is 13.4. The highest BCUT2D eigenvalue weighted by Crippen LogP contribution is 2.33. The Labute approximate surface area is 164 Å². The van der Waals surface area contributed by atoms with Crippen LogP contribution >= 0.6 is 0 Å². The molecular formula is C22H24N4O2. The highest BCUT2D eigenvalue weighted by atomic mass is 16.7. The minimum Gasteiger partial charge on any atom is -0.454 e. The van der Waals surface area contributed by atoms with Crippen molar-refractivity contribution in [3.05, 3.63) is 59.7 Å². The second-order valence-electron chi connectivity index (χ2n) is 7.87. The summed E-state index contributed by atoms with van der Waals surface area (Å²) in [6.45, 7) is 7.45. The monoisotopic (exact) mass is 376 g/mol. The van der Waals surface area contributed by atoms with Crippen molar-refractivity contribution in [1.82, 2.24) is 9.97 Å². The first-order valence-electron chi connectivity index (χ1n) is 9.26. The largest absolute Gasteiger partial charge is 0.454 e. The number of aromatic nitrogens is 2. The fraction of sp³-hybridized carbons (Fsp3) is 0.273. The Morgan fingerprint density at radius 1 is 0.964 bits per heavy atom. The number of rotatable bonds is 4. The van der Waals surface area contributed by atoms with Crippen LogP contribution < -0.4 is 20.5 Å². The number of nitrogens with two attached hydrogens (primary N) is 1. The Balaban J connectivity index is 1.52. The lowest BCUT2D eigenvalue weighted by Gasteiger charge is -2.19. The molecule has 3 aromatic rings. The number of nitrogen functional groups attached to an aromatic ring is 1. The molecule has 6 heteroatoms. The smallest absolute Gasteiger partial charge is 0.231 e. The molecule has 1 aliphatic heterocycles. The van der Waals surface area contributed by atoms with Crippen molar-refractivity contribution in [2.24, 2.45) is 0 Å². The minimum absolute atomic E-state index is 0.112. The molecule has 0 fully saturated rings. The lowest BCUT2D eigenvalue weighted by Crippen LogP contribution is -2.10. The minimum atomic E-state index is 0.112. The molecule has 0 aliphatic carbocycles. The Hall–Kier alpha value is -3.28. The van der Waals surface area contributed by atoms with Crippen LogP contribution in [0, 0.1) is 0 Å². The number of hydrogen-bond donors (Lipinski definition) is 2. The van der Waals surface area contributed by atoms with Crippen LogP contribution in [0.2, 0.25) is 0 Å². The molecule has 0 saturated carbocycles. The van der Waals surface area contributed by atoms with Crippen molar-refractivity contribution in [2.45, 2.75) is 32.7 Å². The van der Waals surface area contributed by atoms with E-state index in [2.05, 4.69) is 60.3 Å². The maximum absolute atomic E-state index is 5.94. The number of anilines is 2. The third kappa shape index (κ3) is 3.86. The van der Waals surface area contributed by atoms with E-state index in [0.29, 0.717) is 12.4 Å². The first kappa shape index (κ1) is 18.1. The van der Waals surface area contributed by atoms with Gasteiger partial charge in [0.05, 0.1) is 5.69 Å². The molecule has 0 radical (unpaired) electrons. The zero-order valence-electron chi connectivity index (χ0n) is 16.3. The predicted octanol–water partition coefficient (Wildman–Crippen LogP) is 4.36. The van der Waals surface area contributed by atoms with Crippen molar-refractivity contribution in [2.75, 3.05) is 17.8 Å². The van der Waals surface area contributed by atoms with E-state index < -0.39 is 0 Å². The second-order valence-corrected chi connectivity index (χ2v) is 7.87. The molecule has 0 saturated heterocycles. The Kier molecular flexibility index (Phi) is 4.55. The molecule has 0 amide bonds. The van der Waals surface area contributed by atoms with Crippen molar-refractivity contribution in [1.29, 1.82) is 0 Å². The van der Waals surface area contributed by atoms with Gasteiger partial charge < -0.3 is 20.5 Å². The molecular weight excluding hydrogens is 352 g/mol. The average Bonchev–Trinajstić information content (AvgIpc) is 3.13. The van der Waals surface area contributed by atoms with Gasteiger partial charge in [-0.1, -0.05) is 51.1 Å². The van der Waals surface area contributed by atoms with E-state index in [1.807, 2.05) is 24.3 Å². The lowest BCUT2D eigenvalue weighted by molar-refractivity contribution is 0.174. The van der Waals surface area contributed by atoms with Crippen LogP contribution in [0.4, 0.5) is 11.8 Å². The summed E-state index contributed by atoms with van der Waals surface area (Å²) in [5, 5.41) is 3.31. The molecule has 0 atom stereocenters. The fourth-order valence-corrected chi connectivity index (χ4v) is 3.09. The summed E-state index contributed by atoms with van der Waals surface area (Å²) in [6, 6.07) is 16.2. The highest BCUT2D eigenvalue weighted by Gasteiger charge is 2.15. The Morgan fingerprint density at radius 2 is 1.71 bits per heavy atom. The number of nitrogens with zero attached hydrogens (tertiary/aromatic N) is 2. The van der Waals surface area contributed by atoms with E-state index in [4.69, 9.17) is 15.2 Å². The zero-order chi connectivity index (χ0) is 19.7. The number of fused-ring (bicyclic) bond motifs is 1. The van der Waals surface area contributed by atoms with Crippen LogP contribution in [0.5, 0.6) is 11.5 Å². The van der Waals surface area contributed by atoms with Crippen LogP contribution in [0.15, 0.2) is 48.5 Å². The third-order valence-electron chi connectivity index (χ3n) is 4.70. The quantitative estimate of drug-likeness (QED) is 0.704. The number of ether oxygens (including phenoxy) is 2. The molecule has 4 rings (SSSR count). The van der Waals surface area contributed by atoms with E-state index in [1.165, 1.54) is 5.56 Å². The third-order valence-corrected chi connectivity index (χ3v) is 4.70. The summed E-state index contributed by atoms with van der Waals surface area (Å²) in [7, 11) is 0. The second kappa shape index (κ2) is 7.03. The molecule has 3 N–H and O–H groups in total. The van der Waals surface area contributed by atoms with Crippen molar-refractivity contribution in [3.8, 4) is 22.8 Å². The van der Waals surface area contributed by atoms with Gasteiger partial charge in [0.15, 0.2) is 11.5 Å². The zero-order valence-corrected chi connectivity index (χ0v) is 16.3. The van der Waals surface area contributed by atoms with E-state index >= 15 is 0 Å². The van der Waals surface area contributed by atoms with Crippen LogP contribution in [-0.2, 0) is 12.0 Å². The molecule has 0 bridgehead atoms. The van der Waals surface area contributed by atoms with E-state index in [9.17, 15) is 0 Å². The summed E-state index contributed by atoms with van der Waals surface area (Å²) >= 11 is 0. The fourth-order valence-electron chi connectivity index (χ4n) is 3.09. The van der Waals surface area contributed by atoms with Gasteiger partial charge in [-0.3, -0.25) is 0 Å². The molecule has 0 spiro atoms. The molecule has 144 valence electrons. The molecule has 2 heterocycles. The topological polar surface area (TPSA) is 82.3 Å². The van der Waals surface area contributed by atoms with Gasteiger partial charge >= 0.3 is 0 Å². The summed E-state index contributed by atoms with van der Waals surface area (Å²) in [6.07, 6.45) is 0. The predicted molar refractivity (Wildman–Crippen MR) is 110 cm³/mol. The van der Waals surface area contributed by atoms with Gasteiger partial charge in [-0.15, -0.1) is 0 Å². The molecule has 0 unspecified atom stereocenters.